The Balaban J connectivity index is 1.76. The molecule has 0 N–H and O–H groups in total. The first-order chi connectivity index (χ1) is 13.4. The maximum atomic E-state index is 13.0. The zero-order valence-corrected chi connectivity index (χ0v) is 18.5. The summed E-state index contributed by atoms with van der Waals surface area (Å²) in [6, 6.07) is -0.0660. The van der Waals surface area contributed by atoms with Crippen LogP contribution in [0.15, 0.2) is 12.4 Å². The standard InChI is InChI=1S/C20H35N5O2S/c1-16(2)28-15-19(26)25-10-11-27-18(20(25)17-12-21-23(4)13-17)14-24-7-5-6-22(3)8-9-24/h12-13,16,18,20H,5-11,14-15H2,1-4H3/t18-,20-/m0/s1. The molecule has 2 saturated heterocycles. The van der Waals surface area contributed by atoms with E-state index in [0.717, 1.165) is 38.3 Å². The van der Waals surface area contributed by atoms with Crippen LogP contribution < -0.4 is 0 Å². The second-order valence-electron chi connectivity index (χ2n) is 8.21. The monoisotopic (exact) mass is 409 g/mol. The topological polar surface area (TPSA) is 53.8 Å². The Labute approximate surface area is 173 Å². The second kappa shape index (κ2) is 10.1. The number of aromatic nitrogens is 2. The number of hydrogen-bond acceptors (Lipinski definition) is 6. The highest BCUT2D eigenvalue weighted by atomic mass is 32.2. The molecule has 3 heterocycles. The third kappa shape index (κ3) is 5.72. The smallest absolute Gasteiger partial charge is 0.233 e. The Morgan fingerprint density at radius 2 is 2.07 bits per heavy atom. The van der Waals surface area contributed by atoms with Crippen LogP contribution in [0.4, 0.5) is 0 Å². The van der Waals surface area contributed by atoms with Gasteiger partial charge in [0, 0.05) is 45.0 Å². The van der Waals surface area contributed by atoms with Crippen LogP contribution in [0.25, 0.3) is 0 Å². The minimum absolute atomic E-state index is 0.0191. The van der Waals surface area contributed by atoms with Crippen molar-refractivity contribution in [2.24, 2.45) is 7.05 Å². The molecule has 0 radical (unpaired) electrons. The van der Waals surface area contributed by atoms with Gasteiger partial charge in [-0.3, -0.25) is 14.4 Å². The average Bonchev–Trinajstić information content (AvgIpc) is 2.98. The Morgan fingerprint density at radius 3 is 2.79 bits per heavy atom. The number of carbonyl (C=O) groups excluding carboxylic acids is 1. The van der Waals surface area contributed by atoms with E-state index in [-0.39, 0.29) is 18.1 Å². The first kappa shape index (κ1) is 21.6. The number of likely N-dealkylation sites (N-methyl/N-ethyl adjacent to an activating group) is 1. The molecule has 0 aliphatic carbocycles. The largest absolute Gasteiger partial charge is 0.373 e. The van der Waals surface area contributed by atoms with Gasteiger partial charge < -0.3 is 14.5 Å². The van der Waals surface area contributed by atoms with Crippen LogP contribution in [0.3, 0.4) is 0 Å². The first-order valence-corrected chi connectivity index (χ1v) is 11.4. The molecule has 7 nitrogen and oxygen atoms in total. The van der Waals surface area contributed by atoms with Gasteiger partial charge in [-0.05, 0) is 31.8 Å². The lowest BCUT2D eigenvalue weighted by Gasteiger charge is -2.42. The highest BCUT2D eigenvalue weighted by Gasteiger charge is 2.38. The summed E-state index contributed by atoms with van der Waals surface area (Å²) in [5, 5.41) is 4.81. The number of carbonyl (C=O) groups is 1. The molecule has 28 heavy (non-hydrogen) atoms. The van der Waals surface area contributed by atoms with Gasteiger partial charge in [-0.15, -0.1) is 11.8 Å². The number of amides is 1. The molecule has 2 fully saturated rings. The lowest BCUT2D eigenvalue weighted by molar-refractivity contribution is -0.145. The molecular weight excluding hydrogens is 374 g/mol. The number of nitrogens with zero attached hydrogens (tertiary/aromatic N) is 5. The van der Waals surface area contributed by atoms with Crippen molar-refractivity contribution in [3.63, 3.8) is 0 Å². The van der Waals surface area contributed by atoms with Crippen LogP contribution in [0.1, 0.15) is 31.9 Å². The van der Waals surface area contributed by atoms with E-state index in [1.165, 1.54) is 6.42 Å². The molecular formula is C20H35N5O2S. The number of hydrogen-bond donors (Lipinski definition) is 0. The number of ether oxygens (including phenoxy) is 1. The van der Waals surface area contributed by atoms with Gasteiger partial charge in [0.25, 0.3) is 0 Å². The summed E-state index contributed by atoms with van der Waals surface area (Å²) in [6.45, 7) is 10.7. The Hall–Kier alpha value is -1.09. The molecule has 0 spiro atoms. The molecule has 0 saturated carbocycles. The van der Waals surface area contributed by atoms with E-state index in [0.29, 0.717) is 24.2 Å². The molecule has 2 aliphatic heterocycles. The van der Waals surface area contributed by atoms with Crippen LogP contribution in [-0.2, 0) is 16.6 Å². The highest BCUT2D eigenvalue weighted by molar-refractivity contribution is 8.00. The summed E-state index contributed by atoms with van der Waals surface area (Å²) in [5.74, 6) is 0.729. The van der Waals surface area contributed by atoms with Gasteiger partial charge in [0.15, 0.2) is 0 Å². The van der Waals surface area contributed by atoms with E-state index in [2.05, 4.69) is 35.8 Å². The minimum Gasteiger partial charge on any atom is -0.373 e. The van der Waals surface area contributed by atoms with Crippen molar-refractivity contribution in [3.8, 4) is 0 Å². The number of rotatable bonds is 6. The van der Waals surface area contributed by atoms with E-state index in [9.17, 15) is 4.79 Å². The zero-order chi connectivity index (χ0) is 20.1. The normalized spacial score (nSPS) is 25.2. The summed E-state index contributed by atoms with van der Waals surface area (Å²) < 4.78 is 8.05. The fourth-order valence-electron chi connectivity index (χ4n) is 4.01. The Morgan fingerprint density at radius 1 is 1.25 bits per heavy atom. The van der Waals surface area contributed by atoms with Gasteiger partial charge in [0.1, 0.15) is 0 Å². The van der Waals surface area contributed by atoms with E-state index >= 15 is 0 Å². The molecule has 1 aromatic heterocycles. The van der Waals surface area contributed by atoms with Gasteiger partial charge in [-0.2, -0.15) is 5.10 Å². The van der Waals surface area contributed by atoms with Gasteiger partial charge in [0.05, 0.1) is 30.7 Å². The molecule has 0 aromatic carbocycles. The fourth-order valence-corrected chi connectivity index (χ4v) is 4.65. The minimum atomic E-state index is -0.0660. The third-order valence-electron chi connectivity index (χ3n) is 5.53. The van der Waals surface area contributed by atoms with Crippen LogP contribution in [0, 0.1) is 0 Å². The summed E-state index contributed by atoms with van der Waals surface area (Å²) in [5.41, 5.74) is 1.07. The van der Waals surface area contributed by atoms with E-state index in [4.69, 9.17) is 4.74 Å². The molecule has 8 heteroatoms. The first-order valence-electron chi connectivity index (χ1n) is 10.4. The second-order valence-corrected chi connectivity index (χ2v) is 9.77. The van der Waals surface area contributed by atoms with E-state index in [1.807, 2.05) is 29.0 Å². The zero-order valence-electron chi connectivity index (χ0n) is 17.7. The van der Waals surface area contributed by atoms with Gasteiger partial charge in [-0.25, -0.2) is 0 Å². The van der Waals surface area contributed by atoms with Crippen LogP contribution in [0.2, 0.25) is 0 Å². The van der Waals surface area contributed by atoms with Crippen molar-refractivity contribution in [3.05, 3.63) is 18.0 Å². The molecule has 158 valence electrons. The summed E-state index contributed by atoms with van der Waals surface area (Å²) in [6.07, 6.45) is 5.07. The summed E-state index contributed by atoms with van der Waals surface area (Å²) in [7, 11) is 4.11. The van der Waals surface area contributed by atoms with Gasteiger partial charge in [0.2, 0.25) is 5.91 Å². The maximum Gasteiger partial charge on any atom is 0.233 e. The number of morpholine rings is 1. The molecule has 2 atom stereocenters. The van der Waals surface area contributed by atoms with Crippen LogP contribution >= 0.6 is 11.8 Å². The van der Waals surface area contributed by atoms with Crippen molar-refractivity contribution >= 4 is 17.7 Å². The van der Waals surface area contributed by atoms with Crippen molar-refractivity contribution in [2.75, 3.05) is 58.7 Å². The predicted octanol–water partition coefficient (Wildman–Crippen LogP) is 1.47. The van der Waals surface area contributed by atoms with E-state index < -0.39 is 0 Å². The molecule has 2 aliphatic rings. The Kier molecular flexibility index (Phi) is 7.79. The molecule has 0 bridgehead atoms. The van der Waals surface area contributed by atoms with Crippen molar-refractivity contribution in [2.45, 2.75) is 37.7 Å². The lowest BCUT2D eigenvalue weighted by Crippen LogP contribution is -2.52. The number of aryl methyl sites for hydroxylation is 1. The van der Waals surface area contributed by atoms with Gasteiger partial charge in [-0.1, -0.05) is 13.8 Å². The molecule has 3 rings (SSSR count). The van der Waals surface area contributed by atoms with Crippen molar-refractivity contribution in [1.29, 1.82) is 0 Å². The van der Waals surface area contributed by atoms with Crippen molar-refractivity contribution in [1.82, 2.24) is 24.5 Å². The predicted molar refractivity (Wildman–Crippen MR) is 114 cm³/mol. The Bertz CT molecular complexity index is 638. The maximum absolute atomic E-state index is 13.0. The van der Waals surface area contributed by atoms with E-state index in [1.54, 1.807) is 11.8 Å². The average molecular weight is 410 g/mol. The SMILES string of the molecule is CC(C)SCC(=O)N1CCO[C@@H](CN2CCCN(C)CC2)[C@@H]1c1cnn(C)c1. The molecule has 0 unspecified atom stereocenters. The fraction of sp³-hybridized carbons (Fsp3) is 0.800. The third-order valence-corrected chi connectivity index (χ3v) is 6.61. The summed E-state index contributed by atoms with van der Waals surface area (Å²) >= 11 is 1.71. The summed E-state index contributed by atoms with van der Waals surface area (Å²) in [4.78, 5) is 19.9. The lowest BCUT2D eigenvalue weighted by atomic mass is 10.00. The highest BCUT2D eigenvalue weighted by Crippen LogP contribution is 2.31. The van der Waals surface area contributed by atoms with Crippen LogP contribution in [0.5, 0.6) is 0 Å². The van der Waals surface area contributed by atoms with Crippen molar-refractivity contribution < 1.29 is 9.53 Å². The molecule has 1 amide bonds. The number of thioether (sulfide) groups is 1. The van der Waals surface area contributed by atoms with Gasteiger partial charge >= 0.3 is 0 Å². The quantitative estimate of drug-likeness (QED) is 0.709. The van der Waals surface area contributed by atoms with Crippen LogP contribution in [-0.4, -0.2) is 100 Å². The molecule has 1 aromatic rings.